The van der Waals surface area contributed by atoms with E-state index in [0.717, 1.165) is 0 Å². The summed E-state index contributed by atoms with van der Waals surface area (Å²) < 4.78 is 5.34. The molecule has 1 aromatic carbocycles. The number of nitrogens with two attached hydrogens (primary N) is 1. The van der Waals surface area contributed by atoms with Crippen molar-refractivity contribution in [1.82, 2.24) is 0 Å². The van der Waals surface area contributed by atoms with Crippen LogP contribution < -0.4 is 5.73 Å². The molecular formula is C15H19Cl2NO4. The lowest BCUT2D eigenvalue weighted by Crippen LogP contribution is -2.39. The number of benzene rings is 1. The molecule has 1 rings (SSSR count). The van der Waals surface area contributed by atoms with Crippen LogP contribution in [0.3, 0.4) is 0 Å². The molecule has 7 heteroatoms. The Labute approximate surface area is 139 Å². The van der Waals surface area contributed by atoms with E-state index in [1.54, 1.807) is 26.8 Å². The zero-order valence-corrected chi connectivity index (χ0v) is 14.1. The van der Waals surface area contributed by atoms with Gasteiger partial charge in [0.2, 0.25) is 0 Å². The molecule has 0 aliphatic carbocycles. The van der Waals surface area contributed by atoms with Crippen LogP contribution in [0.25, 0.3) is 0 Å². The Morgan fingerprint density at radius 2 is 1.86 bits per heavy atom. The molecule has 0 saturated heterocycles. The van der Waals surface area contributed by atoms with Crippen LogP contribution in [0.1, 0.15) is 38.7 Å². The van der Waals surface area contributed by atoms with Crippen molar-refractivity contribution in [2.24, 2.45) is 5.73 Å². The molecule has 0 aromatic heterocycles. The number of hydrogen-bond acceptors (Lipinski definition) is 4. The van der Waals surface area contributed by atoms with E-state index in [2.05, 4.69) is 0 Å². The van der Waals surface area contributed by atoms with E-state index >= 15 is 0 Å². The van der Waals surface area contributed by atoms with Gasteiger partial charge in [0.05, 0.1) is 22.4 Å². The largest absolute Gasteiger partial charge is 0.481 e. The van der Waals surface area contributed by atoms with Crippen LogP contribution in [0.5, 0.6) is 0 Å². The molecule has 0 unspecified atom stereocenters. The van der Waals surface area contributed by atoms with Gasteiger partial charge in [-0.05, 0) is 38.5 Å². The van der Waals surface area contributed by atoms with E-state index in [4.69, 9.17) is 38.8 Å². The zero-order valence-electron chi connectivity index (χ0n) is 12.6. The van der Waals surface area contributed by atoms with E-state index < -0.39 is 29.5 Å². The minimum Gasteiger partial charge on any atom is -0.481 e. The van der Waals surface area contributed by atoms with Crippen LogP contribution in [0.2, 0.25) is 10.0 Å². The minimum absolute atomic E-state index is 0.259. The summed E-state index contributed by atoms with van der Waals surface area (Å²) in [6.45, 7) is 5.17. The molecule has 0 aliphatic heterocycles. The summed E-state index contributed by atoms with van der Waals surface area (Å²) >= 11 is 11.8. The number of carbonyl (C=O) groups excluding carboxylic acids is 1. The fourth-order valence-corrected chi connectivity index (χ4v) is 2.26. The Balaban J connectivity index is 3.17. The molecule has 1 aromatic rings. The molecule has 0 fully saturated rings. The highest BCUT2D eigenvalue weighted by Gasteiger charge is 2.33. The summed E-state index contributed by atoms with van der Waals surface area (Å²) in [5.74, 6) is -2.63. The van der Waals surface area contributed by atoms with Gasteiger partial charge in [0.1, 0.15) is 5.60 Å². The lowest BCUT2D eigenvalue weighted by atomic mass is 9.90. The molecule has 2 atom stereocenters. The highest BCUT2D eigenvalue weighted by Crippen LogP contribution is 2.30. The van der Waals surface area contributed by atoms with Gasteiger partial charge in [0.25, 0.3) is 0 Å². The quantitative estimate of drug-likeness (QED) is 0.798. The van der Waals surface area contributed by atoms with Gasteiger partial charge in [-0.3, -0.25) is 9.59 Å². The van der Waals surface area contributed by atoms with Crippen LogP contribution in [-0.2, 0) is 14.3 Å². The summed E-state index contributed by atoms with van der Waals surface area (Å²) in [4.78, 5) is 23.3. The molecule has 0 bridgehead atoms. The predicted molar refractivity (Wildman–Crippen MR) is 85.3 cm³/mol. The van der Waals surface area contributed by atoms with Crippen molar-refractivity contribution in [2.75, 3.05) is 0 Å². The third kappa shape index (κ3) is 5.48. The van der Waals surface area contributed by atoms with Crippen LogP contribution in [-0.4, -0.2) is 28.7 Å². The van der Waals surface area contributed by atoms with E-state index in [-0.39, 0.29) is 11.4 Å². The number of rotatable bonds is 5. The van der Waals surface area contributed by atoms with Crippen LogP contribution in [0.15, 0.2) is 18.2 Å². The van der Waals surface area contributed by atoms with E-state index in [0.29, 0.717) is 10.6 Å². The summed E-state index contributed by atoms with van der Waals surface area (Å²) in [6.07, 6.45) is -0.371. The van der Waals surface area contributed by atoms with E-state index in [9.17, 15) is 9.59 Å². The molecule has 0 saturated carbocycles. The van der Waals surface area contributed by atoms with Crippen LogP contribution in [0.4, 0.5) is 0 Å². The van der Waals surface area contributed by atoms with E-state index in [1.807, 2.05) is 0 Å². The number of hydrogen-bond donors (Lipinski definition) is 2. The predicted octanol–water partition coefficient (Wildman–Crippen LogP) is 3.22. The second-order valence-corrected chi connectivity index (χ2v) is 6.76. The molecule has 0 radical (unpaired) electrons. The van der Waals surface area contributed by atoms with Crippen LogP contribution in [0, 0.1) is 0 Å². The Hall–Kier alpha value is -1.30. The van der Waals surface area contributed by atoms with Gasteiger partial charge in [0, 0.05) is 6.04 Å². The van der Waals surface area contributed by atoms with Gasteiger partial charge in [0.15, 0.2) is 0 Å². The number of carboxylic acid groups (broad SMARTS) is 1. The van der Waals surface area contributed by atoms with Crippen LogP contribution >= 0.6 is 23.2 Å². The SMILES string of the molecule is CC(C)(C)OC(=O)[C@H](c1ccc(Cl)c(Cl)c1)[C@H](N)CC(=O)O. The Bertz CT molecular complexity index is 569. The van der Waals surface area contributed by atoms with Crippen molar-refractivity contribution < 1.29 is 19.4 Å². The number of esters is 1. The first-order valence-corrected chi connectivity index (χ1v) is 7.42. The second kappa shape index (κ2) is 7.31. The average molecular weight is 348 g/mol. The number of carbonyl (C=O) groups is 2. The number of halogens is 2. The minimum atomic E-state index is -1.10. The molecule has 0 heterocycles. The summed E-state index contributed by atoms with van der Waals surface area (Å²) in [5, 5.41) is 9.51. The molecule has 0 aliphatic rings. The fourth-order valence-electron chi connectivity index (χ4n) is 1.95. The zero-order chi connectivity index (χ0) is 17.1. The highest BCUT2D eigenvalue weighted by molar-refractivity contribution is 6.42. The topological polar surface area (TPSA) is 89.6 Å². The summed E-state index contributed by atoms with van der Waals surface area (Å²) in [5.41, 5.74) is 5.66. The van der Waals surface area contributed by atoms with Gasteiger partial charge >= 0.3 is 11.9 Å². The molecule has 0 spiro atoms. The maximum atomic E-state index is 12.4. The molecule has 122 valence electrons. The van der Waals surface area contributed by atoms with Crippen molar-refractivity contribution in [2.45, 2.75) is 44.8 Å². The first-order valence-electron chi connectivity index (χ1n) is 6.66. The van der Waals surface area contributed by atoms with Gasteiger partial charge in [-0.1, -0.05) is 29.3 Å². The molecule has 22 heavy (non-hydrogen) atoms. The average Bonchev–Trinajstić information content (AvgIpc) is 2.30. The molecule has 5 nitrogen and oxygen atoms in total. The van der Waals surface area contributed by atoms with E-state index in [1.165, 1.54) is 12.1 Å². The third-order valence-corrected chi connectivity index (χ3v) is 3.54. The van der Waals surface area contributed by atoms with Crippen molar-refractivity contribution in [1.29, 1.82) is 0 Å². The maximum absolute atomic E-state index is 12.4. The first-order chi connectivity index (χ1) is 10.0. The summed E-state index contributed by atoms with van der Waals surface area (Å²) in [7, 11) is 0. The Morgan fingerprint density at radius 1 is 1.27 bits per heavy atom. The number of carboxylic acids is 1. The first kappa shape index (κ1) is 18.7. The smallest absolute Gasteiger partial charge is 0.315 e. The van der Waals surface area contributed by atoms with Gasteiger partial charge in [-0.15, -0.1) is 0 Å². The monoisotopic (exact) mass is 347 g/mol. The third-order valence-electron chi connectivity index (χ3n) is 2.80. The number of ether oxygens (including phenoxy) is 1. The fraction of sp³-hybridized carbons (Fsp3) is 0.467. The highest BCUT2D eigenvalue weighted by atomic mass is 35.5. The molecule has 3 N–H and O–H groups in total. The van der Waals surface area contributed by atoms with Crippen molar-refractivity contribution >= 4 is 35.1 Å². The second-order valence-electron chi connectivity index (χ2n) is 5.95. The van der Waals surface area contributed by atoms with Crippen molar-refractivity contribution in [3.8, 4) is 0 Å². The molecular weight excluding hydrogens is 329 g/mol. The summed E-state index contributed by atoms with van der Waals surface area (Å²) in [6, 6.07) is 3.68. The normalized spacial score (nSPS) is 14.3. The van der Waals surface area contributed by atoms with Gasteiger partial charge in [-0.25, -0.2) is 0 Å². The lowest BCUT2D eigenvalue weighted by Gasteiger charge is -2.27. The standard InChI is InChI=1S/C15H19Cl2NO4/c1-15(2,3)22-14(21)13(11(18)7-12(19)20)8-4-5-9(16)10(17)6-8/h4-6,11,13H,7,18H2,1-3H3,(H,19,20)/t11-,13-/m1/s1. The molecule has 0 amide bonds. The lowest BCUT2D eigenvalue weighted by molar-refractivity contribution is -0.157. The van der Waals surface area contributed by atoms with Gasteiger partial charge in [-0.2, -0.15) is 0 Å². The Morgan fingerprint density at radius 3 is 2.32 bits per heavy atom. The Kier molecular flexibility index (Phi) is 6.23. The maximum Gasteiger partial charge on any atom is 0.315 e. The van der Waals surface area contributed by atoms with Crippen molar-refractivity contribution in [3.05, 3.63) is 33.8 Å². The van der Waals surface area contributed by atoms with Crippen molar-refractivity contribution in [3.63, 3.8) is 0 Å². The van der Waals surface area contributed by atoms with Gasteiger partial charge < -0.3 is 15.6 Å². The number of aliphatic carboxylic acids is 1.